The van der Waals surface area contributed by atoms with Gasteiger partial charge in [0.1, 0.15) is 12.6 Å². The molecule has 0 saturated carbocycles. The quantitative estimate of drug-likeness (QED) is 0.487. The van der Waals surface area contributed by atoms with Crippen LogP contribution in [0.25, 0.3) is 11.1 Å². The average molecular weight is 426 g/mol. The van der Waals surface area contributed by atoms with Crippen LogP contribution in [0, 0.1) is 5.92 Å². The van der Waals surface area contributed by atoms with Crippen molar-refractivity contribution in [2.24, 2.45) is 5.92 Å². The lowest BCUT2D eigenvalue weighted by Crippen LogP contribution is -2.44. The van der Waals surface area contributed by atoms with E-state index >= 15 is 0 Å². The molecule has 31 heavy (non-hydrogen) atoms. The molecule has 2 amide bonds. The summed E-state index contributed by atoms with van der Waals surface area (Å²) in [5.41, 5.74) is 4.54. The van der Waals surface area contributed by atoms with Crippen molar-refractivity contribution in [1.82, 2.24) is 10.6 Å². The van der Waals surface area contributed by atoms with Crippen LogP contribution in [0.4, 0.5) is 4.79 Å². The smallest absolute Gasteiger partial charge is 0.407 e. The number of ether oxygens (including phenoxy) is 1. The second-order valence-corrected chi connectivity index (χ2v) is 7.66. The number of amides is 2. The summed E-state index contributed by atoms with van der Waals surface area (Å²) in [6.45, 7) is 1.46. The minimum absolute atomic E-state index is 0.00738. The predicted molar refractivity (Wildman–Crippen MR) is 114 cm³/mol. The van der Waals surface area contributed by atoms with Gasteiger partial charge in [0.2, 0.25) is 5.91 Å². The summed E-state index contributed by atoms with van der Waals surface area (Å²) in [7, 11) is 0. The Hall–Kier alpha value is -3.39. The highest BCUT2D eigenvalue weighted by atomic mass is 16.5. The first-order chi connectivity index (χ1) is 14.9. The Balaban J connectivity index is 1.48. The van der Waals surface area contributed by atoms with Gasteiger partial charge in [-0.2, -0.15) is 0 Å². The Kier molecular flexibility index (Phi) is 7.25. The fourth-order valence-corrected chi connectivity index (χ4v) is 3.73. The van der Waals surface area contributed by atoms with Crippen LogP contribution in [0.5, 0.6) is 0 Å². The van der Waals surface area contributed by atoms with E-state index in [1.165, 1.54) is 0 Å². The highest BCUT2D eigenvalue weighted by Gasteiger charge is 2.29. The van der Waals surface area contributed by atoms with Gasteiger partial charge in [-0.05, 0) is 28.2 Å². The SMILES string of the molecule is CC(CNC(=O)OCC1c2ccccc2-c2ccccc21)CC(=O)N[C@H](CO)C(=O)O. The molecule has 4 N–H and O–H groups in total. The number of hydrogen-bond acceptors (Lipinski definition) is 5. The van der Waals surface area contributed by atoms with E-state index in [4.69, 9.17) is 14.9 Å². The van der Waals surface area contributed by atoms with Gasteiger partial charge in [-0.1, -0.05) is 55.5 Å². The lowest BCUT2D eigenvalue weighted by atomic mass is 9.98. The molecule has 0 radical (unpaired) electrons. The fraction of sp³-hybridized carbons (Fsp3) is 0.348. The van der Waals surface area contributed by atoms with E-state index in [0.717, 1.165) is 22.3 Å². The monoisotopic (exact) mass is 426 g/mol. The number of fused-ring (bicyclic) bond motifs is 3. The Morgan fingerprint density at radius 2 is 1.61 bits per heavy atom. The molecule has 1 aliphatic rings. The maximum Gasteiger partial charge on any atom is 0.407 e. The number of hydrogen-bond donors (Lipinski definition) is 4. The zero-order chi connectivity index (χ0) is 22.4. The number of carboxylic acids is 1. The second kappa shape index (κ2) is 10.1. The van der Waals surface area contributed by atoms with Crippen LogP contribution in [0.2, 0.25) is 0 Å². The zero-order valence-corrected chi connectivity index (χ0v) is 17.2. The van der Waals surface area contributed by atoms with Crippen LogP contribution in [-0.4, -0.2) is 54.0 Å². The molecule has 2 aromatic carbocycles. The van der Waals surface area contributed by atoms with Crippen molar-refractivity contribution in [3.05, 3.63) is 59.7 Å². The number of carbonyl (C=O) groups is 3. The van der Waals surface area contributed by atoms with Crippen molar-refractivity contribution in [1.29, 1.82) is 0 Å². The van der Waals surface area contributed by atoms with E-state index in [-0.39, 0.29) is 31.4 Å². The lowest BCUT2D eigenvalue weighted by molar-refractivity contribution is -0.143. The summed E-state index contributed by atoms with van der Waals surface area (Å²) in [4.78, 5) is 34.9. The van der Waals surface area contributed by atoms with Crippen molar-refractivity contribution in [2.45, 2.75) is 25.3 Å². The Bertz CT molecular complexity index is 915. The number of aliphatic carboxylic acids is 1. The molecule has 8 nitrogen and oxygen atoms in total. The van der Waals surface area contributed by atoms with Crippen LogP contribution in [0.1, 0.15) is 30.4 Å². The summed E-state index contributed by atoms with van der Waals surface area (Å²) in [6, 6.07) is 14.8. The lowest BCUT2D eigenvalue weighted by Gasteiger charge is -2.17. The molecule has 0 heterocycles. The molecule has 2 atom stereocenters. The maximum absolute atomic E-state index is 12.2. The van der Waals surface area contributed by atoms with E-state index < -0.39 is 30.6 Å². The predicted octanol–water partition coefficient (Wildman–Crippen LogP) is 2.11. The molecule has 0 fully saturated rings. The van der Waals surface area contributed by atoms with Gasteiger partial charge in [-0.3, -0.25) is 4.79 Å². The molecule has 2 aromatic rings. The fourth-order valence-electron chi connectivity index (χ4n) is 3.73. The number of rotatable bonds is 9. The second-order valence-electron chi connectivity index (χ2n) is 7.66. The third-order valence-electron chi connectivity index (χ3n) is 5.29. The molecule has 0 spiro atoms. The average Bonchev–Trinajstić information content (AvgIpc) is 3.08. The molecule has 1 unspecified atom stereocenters. The minimum Gasteiger partial charge on any atom is -0.480 e. The standard InChI is InChI=1S/C23H26N2O6/c1-14(10-21(27)25-20(12-26)22(28)29)11-24-23(30)31-13-19-17-8-4-2-6-15(17)16-7-3-5-9-18(16)19/h2-9,14,19-20,26H,10-13H2,1H3,(H,24,30)(H,25,27)(H,28,29)/t14?,20-/m1/s1. The highest BCUT2D eigenvalue weighted by Crippen LogP contribution is 2.44. The normalized spacial score (nSPS) is 14.1. The molecule has 3 rings (SSSR count). The minimum atomic E-state index is -1.34. The third kappa shape index (κ3) is 5.40. The number of aliphatic hydroxyl groups is 1. The first-order valence-corrected chi connectivity index (χ1v) is 10.1. The summed E-state index contributed by atoms with van der Waals surface area (Å²) >= 11 is 0. The number of nitrogens with one attached hydrogen (secondary N) is 2. The number of aliphatic hydroxyl groups excluding tert-OH is 1. The first kappa shape index (κ1) is 22.3. The van der Waals surface area contributed by atoms with E-state index in [9.17, 15) is 14.4 Å². The molecule has 0 saturated heterocycles. The largest absolute Gasteiger partial charge is 0.480 e. The van der Waals surface area contributed by atoms with Gasteiger partial charge in [-0.15, -0.1) is 0 Å². The molecule has 0 bridgehead atoms. The van der Waals surface area contributed by atoms with Gasteiger partial charge in [0.25, 0.3) is 0 Å². The highest BCUT2D eigenvalue weighted by molar-refractivity contribution is 5.83. The van der Waals surface area contributed by atoms with E-state index in [1.54, 1.807) is 6.92 Å². The van der Waals surface area contributed by atoms with Gasteiger partial charge < -0.3 is 25.6 Å². The molecule has 8 heteroatoms. The van der Waals surface area contributed by atoms with E-state index in [0.29, 0.717) is 0 Å². The third-order valence-corrected chi connectivity index (χ3v) is 5.29. The molecule has 1 aliphatic carbocycles. The first-order valence-electron chi connectivity index (χ1n) is 10.1. The van der Waals surface area contributed by atoms with E-state index in [2.05, 4.69) is 22.8 Å². The zero-order valence-electron chi connectivity index (χ0n) is 17.2. The van der Waals surface area contributed by atoms with Crippen molar-refractivity contribution >= 4 is 18.0 Å². The van der Waals surface area contributed by atoms with Gasteiger partial charge in [0.15, 0.2) is 0 Å². The maximum atomic E-state index is 12.2. The summed E-state index contributed by atoms with van der Waals surface area (Å²) in [5, 5.41) is 22.7. The van der Waals surface area contributed by atoms with Crippen LogP contribution < -0.4 is 10.6 Å². The number of benzene rings is 2. The van der Waals surface area contributed by atoms with Crippen LogP contribution in [0.15, 0.2) is 48.5 Å². The Morgan fingerprint density at radius 3 is 2.16 bits per heavy atom. The topological polar surface area (TPSA) is 125 Å². The molecule has 0 aliphatic heterocycles. The van der Waals surface area contributed by atoms with Crippen LogP contribution in [-0.2, 0) is 14.3 Å². The van der Waals surface area contributed by atoms with Gasteiger partial charge in [-0.25, -0.2) is 9.59 Å². The van der Waals surface area contributed by atoms with Gasteiger partial charge in [0, 0.05) is 18.9 Å². The molecular weight excluding hydrogens is 400 g/mol. The van der Waals surface area contributed by atoms with Crippen molar-refractivity contribution in [3.8, 4) is 11.1 Å². The molecule has 0 aromatic heterocycles. The summed E-state index contributed by atoms with van der Waals surface area (Å²) < 4.78 is 5.45. The Labute approximate surface area is 180 Å². The Morgan fingerprint density at radius 1 is 1.03 bits per heavy atom. The molecule has 164 valence electrons. The van der Waals surface area contributed by atoms with Crippen molar-refractivity contribution in [2.75, 3.05) is 19.8 Å². The summed E-state index contributed by atoms with van der Waals surface area (Å²) in [6.07, 6.45) is -0.569. The van der Waals surface area contributed by atoms with E-state index in [1.807, 2.05) is 36.4 Å². The summed E-state index contributed by atoms with van der Waals surface area (Å²) in [5.74, 6) is -2.09. The number of carbonyl (C=O) groups excluding carboxylic acids is 2. The van der Waals surface area contributed by atoms with Crippen molar-refractivity contribution < 1.29 is 29.3 Å². The molecular formula is C23H26N2O6. The number of carboxylic acid groups (broad SMARTS) is 1. The van der Waals surface area contributed by atoms with Crippen molar-refractivity contribution in [3.63, 3.8) is 0 Å². The van der Waals surface area contributed by atoms with Gasteiger partial charge >= 0.3 is 12.1 Å². The van der Waals surface area contributed by atoms with Crippen LogP contribution in [0.3, 0.4) is 0 Å². The van der Waals surface area contributed by atoms with Gasteiger partial charge in [0.05, 0.1) is 6.61 Å². The van der Waals surface area contributed by atoms with Crippen LogP contribution >= 0.6 is 0 Å². The number of alkyl carbamates (subject to hydrolysis) is 1.